The van der Waals surface area contributed by atoms with Gasteiger partial charge in [-0.05, 0) is 34.1 Å². The van der Waals surface area contributed by atoms with Crippen molar-refractivity contribution in [2.24, 2.45) is 0 Å². The van der Waals surface area contributed by atoms with Crippen molar-refractivity contribution in [3.63, 3.8) is 0 Å². The number of nitrogens with one attached hydrogen (secondary N) is 2. The van der Waals surface area contributed by atoms with Gasteiger partial charge >= 0.3 is 5.97 Å². The van der Waals surface area contributed by atoms with Crippen molar-refractivity contribution in [1.82, 2.24) is 10.2 Å². The Bertz CT molecular complexity index is 773. The number of rotatable bonds is 4. The van der Waals surface area contributed by atoms with Crippen molar-refractivity contribution in [2.75, 3.05) is 4.72 Å². The van der Waals surface area contributed by atoms with Gasteiger partial charge in [-0.25, -0.2) is 4.79 Å². The van der Waals surface area contributed by atoms with Gasteiger partial charge in [0.25, 0.3) is 10.0 Å². The number of aromatic amines is 1. The van der Waals surface area contributed by atoms with Crippen LogP contribution in [0.4, 0.5) is 5.69 Å². The Labute approximate surface area is 130 Å². The molecule has 106 valence electrons. The molecule has 0 unspecified atom stereocenters. The first kappa shape index (κ1) is 15.0. The second-order valence-electron chi connectivity index (χ2n) is 3.65. The zero-order valence-electron chi connectivity index (χ0n) is 9.59. The lowest BCUT2D eigenvalue weighted by molar-refractivity contribution is 0.0692. The third-order valence-electron chi connectivity index (χ3n) is 2.28. The minimum atomic E-state index is -4.08. The highest BCUT2D eigenvalue weighted by molar-refractivity contribution is 9.11. The van der Waals surface area contributed by atoms with E-state index in [1.54, 1.807) is 12.1 Å². The van der Waals surface area contributed by atoms with Gasteiger partial charge in [-0.15, -0.1) is 0 Å². The molecule has 0 bridgehead atoms. The SMILES string of the molecule is O=C(O)c1cn[nH]c1S(=O)(=O)Nc1ccc(Br)cc1Br. The molecule has 0 fully saturated rings. The van der Waals surface area contributed by atoms with Gasteiger partial charge in [-0.1, -0.05) is 15.9 Å². The van der Waals surface area contributed by atoms with Crippen LogP contribution in [0.2, 0.25) is 0 Å². The van der Waals surface area contributed by atoms with E-state index in [0.29, 0.717) is 4.47 Å². The molecule has 1 aromatic carbocycles. The van der Waals surface area contributed by atoms with E-state index in [1.165, 1.54) is 6.07 Å². The fraction of sp³-hybridized carbons (Fsp3) is 0. The highest BCUT2D eigenvalue weighted by Gasteiger charge is 2.25. The number of aromatic carboxylic acids is 1. The fourth-order valence-corrected chi connectivity index (χ4v) is 3.85. The van der Waals surface area contributed by atoms with E-state index in [9.17, 15) is 13.2 Å². The number of carbonyl (C=O) groups is 1. The monoisotopic (exact) mass is 423 g/mol. The number of benzene rings is 1. The zero-order chi connectivity index (χ0) is 14.9. The van der Waals surface area contributed by atoms with Crippen molar-refractivity contribution in [1.29, 1.82) is 0 Å². The van der Waals surface area contributed by atoms with E-state index in [4.69, 9.17) is 5.11 Å². The van der Waals surface area contributed by atoms with Gasteiger partial charge in [0, 0.05) is 8.95 Å². The van der Waals surface area contributed by atoms with E-state index in [1.807, 2.05) is 0 Å². The average molecular weight is 425 g/mol. The molecule has 0 radical (unpaired) electrons. The molecule has 0 saturated heterocycles. The van der Waals surface area contributed by atoms with Gasteiger partial charge < -0.3 is 5.11 Å². The third-order valence-corrected chi connectivity index (χ3v) is 4.77. The first-order valence-electron chi connectivity index (χ1n) is 5.06. The van der Waals surface area contributed by atoms with Gasteiger partial charge in [0.1, 0.15) is 5.56 Å². The van der Waals surface area contributed by atoms with Crippen LogP contribution in [0.5, 0.6) is 0 Å². The normalized spacial score (nSPS) is 11.3. The molecule has 3 N–H and O–H groups in total. The summed E-state index contributed by atoms with van der Waals surface area (Å²) in [7, 11) is -4.08. The molecular formula is C10H7Br2N3O4S. The topological polar surface area (TPSA) is 112 Å². The fourth-order valence-electron chi connectivity index (χ4n) is 1.40. The van der Waals surface area contributed by atoms with E-state index < -0.39 is 26.6 Å². The minimum Gasteiger partial charge on any atom is -0.478 e. The number of H-pyrrole nitrogens is 1. The van der Waals surface area contributed by atoms with E-state index in [2.05, 4.69) is 46.8 Å². The van der Waals surface area contributed by atoms with E-state index in [-0.39, 0.29) is 5.69 Å². The van der Waals surface area contributed by atoms with Crippen molar-refractivity contribution < 1.29 is 18.3 Å². The van der Waals surface area contributed by atoms with Crippen molar-refractivity contribution in [3.05, 3.63) is 38.9 Å². The Balaban J connectivity index is 2.41. The maximum Gasteiger partial charge on any atom is 0.340 e. The molecule has 0 aliphatic carbocycles. The van der Waals surface area contributed by atoms with Crippen LogP contribution in [-0.4, -0.2) is 29.7 Å². The number of hydrogen-bond donors (Lipinski definition) is 3. The molecular weight excluding hydrogens is 418 g/mol. The zero-order valence-corrected chi connectivity index (χ0v) is 13.6. The number of halogens is 2. The third kappa shape index (κ3) is 3.02. The van der Waals surface area contributed by atoms with Crippen molar-refractivity contribution >= 4 is 53.5 Å². The molecule has 2 aromatic rings. The summed E-state index contributed by atoms with van der Waals surface area (Å²) in [5.74, 6) is -1.38. The van der Waals surface area contributed by atoms with Crippen molar-refractivity contribution in [3.8, 4) is 0 Å². The average Bonchev–Trinajstić information content (AvgIpc) is 2.82. The summed E-state index contributed by atoms with van der Waals surface area (Å²) in [6.45, 7) is 0. The standard InChI is InChI=1S/C10H7Br2N3O4S/c11-5-1-2-8(7(12)3-5)15-20(18,19)9-6(10(16)17)4-13-14-9/h1-4,15H,(H,13,14)(H,16,17). The molecule has 10 heteroatoms. The second-order valence-corrected chi connectivity index (χ2v) is 7.04. The van der Waals surface area contributed by atoms with Crippen LogP contribution in [0.15, 0.2) is 38.4 Å². The summed E-state index contributed by atoms with van der Waals surface area (Å²) < 4.78 is 27.8. The van der Waals surface area contributed by atoms with E-state index >= 15 is 0 Å². The summed E-state index contributed by atoms with van der Waals surface area (Å²) in [5.41, 5.74) is -0.148. The van der Waals surface area contributed by atoms with Crippen LogP contribution in [0.25, 0.3) is 0 Å². The number of hydrogen-bond acceptors (Lipinski definition) is 4. The Kier molecular flexibility index (Phi) is 4.16. The highest BCUT2D eigenvalue weighted by atomic mass is 79.9. The molecule has 2 rings (SSSR count). The lowest BCUT2D eigenvalue weighted by atomic mass is 10.3. The number of nitrogens with zero attached hydrogens (tertiary/aromatic N) is 1. The smallest absolute Gasteiger partial charge is 0.340 e. The summed E-state index contributed by atoms with van der Waals surface area (Å²) in [6.07, 6.45) is 0.938. The van der Waals surface area contributed by atoms with Crippen LogP contribution in [0.3, 0.4) is 0 Å². The summed E-state index contributed by atoms with van der Waals surface area (Å²) >= 11 is 6.46. The summed E-state index contributed by atoms with van der Waals surface area (Å²) in [4.78, 5) is 10.9. The number of aromatic nitrogens is 2. The van der Waals surface area contributed by atoms with Crippen LogP contribution in [-0.2, 0) is 10.0 Å². The highest BCUT2D eigenvalue weighted by Crippen LogP contribution is 2.28. The van der Waals surface area contributed by atoms with E-state index in [0.717, 1.165) is 10.7 Å². The number of carboxylic acids is 1. The lowest BCUT2D eigenvalue weighted by Gasteiger charge is -2.09. The number of anilines is 1. The molecule has 0 aliphatic rings. The summed E-state index contributed by atoms with van der Waals surface area (Å²) in [5, 5.41) is 14.0. The molecule has 0 aliphatic heterocycles. The Morgan fingerprint density at radius 2 is 2.05 bits per heavy atom. The molecule has 0 atom stereocenters. The molecule has 7 nitrogen and oxygen atoms in total. The maximum atomic E-state index is 12.1. The molecule has 0 saturated carbocycles. The lowest BCUT2D eigenvalue weighted by Crippen LogP contribution is -2.17. The molecule has 20 heavy (non-hydrogen) atoms. The Morgan fingerprint density at radius 3 is 2.65 bits per heavy atom. The van der Waals surface area contributed by atoms with Gasteiger partial charge in [0.2, 0.25) is 0 Å². The molecule has 0 spiro atoms. The summed E-state index contributed by atoms with van der Waals surface area (Å²) in [6, 6.07) is 4.83. The van der Waals surface area contributed by atoms with Crippen LogP contribution in [0.1, 0.15) is 10.4 Å². The number of sulfonamides is 1. The second kappa shape index (κ2) is 5.54. The van der Waals surface area contributed by atoms with Gasteiger partial charge in [0.15, 0.2) is 5.03 Å². The van der Waals surface area contributed by atoms with Gasteiger partial charge in [-0.3, -0.25) is 9.82 Å². The quantitative estimate of drug-likeness (QED) is 0.697. The van der Waals surface area contributed by atoms with Crippen molar-refractivity contribution in [2.45, 2.75) is 5.03 Å². The molecule has 1 aromatic heterocycles. The maximum absolute atomic E-state index is 12.1. The largest absolute Gasteiger partial charge is 0.478 e. The molecule has 0 amide bonds. The van der Waals surface area contributed by atoms with Gasteiger partial charge in [-0.2, -0.15) is 13.5 Å². The van der Waals surface area contributed by atoms with Gasteiger partial charge in [0.05, 0.1) is 11.9 Å². The Morgan fingerprint density at radius 1 is 1.35 bits per heavy atom. The van der Waals surface area contributed by atoms with Crippen LogP contribution >= 0.6 is 31.9 Å². The Hall–Kier alpha value is -1.39. The predicted octanol–water partition coefficient (Wildman–Crippen LogP) is 2.43. The van der Waals surface area contributed by atoms with Crippen LogP contribution in [0, 0.1) is 0 Å². The first-order chi connectivity index (χ1) is 9.31. The minimum absolute atomic E-state index is 0.277. The number of carboxylic acid groups (broad SMARTS) is 1. The molecule has 1 heterocycles. The first-order valence-corrected chi connectivity index (χ1v) is 8.12. The predicted molar refractivity (Wildman–Crippen MR) is 78.2 cm³/mol. The van der Waals surface area contributed by atoms with Crippen LogP contribution < -0.4 is 4.72 Å².